The molecular formula is C9H19N5O2S. The van der Waals surface area contributed by atoms with E-state index in [1.165, 1.54) is 4.68 Å². The molecule has 0 aliphatic rings. The maximum atomic E-state index is 11.4. The van der Waals surface area contributed by atoms with Crippen molar-refractivity contribution in [3.05, 3.63) is 5.82 Å². The highest BCUT2D eigenvalue weighted by atomic mass is 32.2. The Labute approximate surface area is 102 Å². The van der Waals surface area contributed by atoms with Crippen molar-refractivity contribution in [3.8, 4) is 0 Å². The molecule has 0 saturated heterocycles. The monoisotopic (exact) mass is 261 g/mol. The van der Waals surface area contributed by atoms with Gasteiger partial charge in [0.1, 0.15) is 0 Å². The first-order valence-electron chi connectivity index (χ1n) is 5.75. The molecule has 17 heavy (non-hydrogen) atoms. The zero-order chi connectivity index (χ0) is 12.7. The fraction of sp³-hybridized carbons (Fsp3) is 0.889. The molecule has 0 fully saturated rings. The van der Waals surface area contributed by atoms with E-state index in [0.29, 0.717) is 18.9 Å². The third-order valence-electron chi connectivity index (χ3n) is 2.37. The maximum Gasteiger partial charge on any atom is 0.165 e. The summed E-state index contributed by atoms with van der Waals surface area (Å²) in [7, 11) is -2.97. The number of tetrazole rings is 1. The van der Waals surface area contributed by atoms with Gasteiger partial charge in [-0.25, -0.2) is 13.1 Å². The van der Waals surface area contributed by atoms with E-state index in [1.807, 2.05) is 0 Å². The van der Waals surface area contributed by atoms with Gasteiger partial charge in [0.25, 0.3) is 0 Å². The Hall–Kier alpha value is -1.02. The van der Waals surface area contributed by atoms with Crippen LogP contribution in [0.1, 0.15) is 26.1 Å². The van der Waals surface area contributed by atoms with Gasteiger partial charge < -0.3 is 5.32 Å². The van der Waals surface area contributed by atoms with Crippen LogP contribution in [-0.2, 0) is 22.9 Å². The number of hydrogen-bond donors (Lipinski definition) is 1. The van der Waals surface area contributed by atoms with Gasteiger partial charge >= 0.3 is 0 Å². The summed E-state index contributed by atoms with van der Waals surface area (Å²) in [6, 6.07) is 0. The van der Waals surface area contributed by atoms with E-state index in [-0.39, 0.29) is 11.5 Å². The fourth-order valence-corrected chi connectivity index (χ4v) is 2.01. The molecule has 0 aliphatic heterocycles. The summed E-state index contributed by atoms with van der Waals surface area (Å²) < 4.78 is 24.3. The largest absolute Gasteiger partial charge is 0.310 e. The molecule has 1 rings (SSSR count). The highest BCUT2D eigenvalue weighted by Gasteiger charge is 2.11. The average Bonchev–Trinajstić information content (AvgIpc) is 2.75. The highest BCUT2D eigenvalue weighted by molar-refractivity contribution is 7.91. The molecule has 98 valence electrons. The number of aryl methyl sites for hydroxylation is 1. The molecule has 0 bridgehead atoms. The zero-order valence-corrected chi connectivity index (χ0v) is 11.1. The summed E-state index contributed by atoms with van der Waals surface area (Å²) >= 11 is 0. The molecule has 0 radical (unpaired) electrons. The van der Waals surface area contributed by atoms with Crippen LogP contribution >= 0.6 is 0 Å². The molecule has 0 unspecified atom stereocenters. The Balaban J connectivity index is 2.51. The zero-order valence-electron chi connectivity index (χ0n) is 10.3. The van der Waals surface area contributed by atoms with Crippen molar-refractivity contribution >= 4 is 9.84 Å². The van der Waals surface area contributed by atoms with Crippen molar-refractivity contribution in [1.82, 2.24) is 25.5 Å². The van der Waals surface area contributed by atoms with Crippen molar-refractivity contribution < 1.29 is 8.42 Å². The van der Waals surface area contributed by atoms with Crippen LogP contribution in [0.3, 0.4) is 0 Å². The van der Waals surface area contributed by atoms with Gasteiger partial charge in [-0.15, -0.1) is 5.10 Å². The first kappa shape index (κ1) is 14.0. The van der Waals surface area contributed by atoms with Crippen molar-refractivity contribution in [2.24, 2.45) is 0 Å². The van der Waals surface area contributed by atoms with Crippen LogP contribution in [-0.4, -0.2) is 46.7 Å². The van der Waals surface area contributed by atoms with Crippen molar-refractivity contribution in [3.63, 3.8) is 0 Å². The number of rotatable bonds is 8. The first-order valence-corrected chi connectivity index (χ1v) is 7.57. The molecule has 0 spiro atoms. The SMILES string of the molecule is CCCNCc1nnnn1CCS(=O)(=O)CC. The first-order chi connectivity index (χ1) is 8.09. The summed E-state index contributed by atoms with van der Waals surface area (Å²) in [4.78, 5) is 0. The van der Waals surface area contributed by atoms with Crippen LogP contribution in [0.15, 0.2) is 0 Å². The third-order valence-corrected chi connectivity index (χ3v) is 4.05. The Morgan fingerprint density at radius 3 is 2.76 bits per heavy atom. The standard InChI is InChI=1S/C9H19N5O2S/c1-3-5-10-8-9-11-12-13-14(9)6-7-17(15,16)4-2/h10H,3-8H2,1-2H3. The molecule has 0 aliphatic carbocycles. The van der Waals surface area contributed by atoms with Crippen molar-refractivity contribution in [1.29, 1.82) is 0 Å². The van der Waals surface area contributed by atoms with Crippen LogP contribution in [0.2, 0.25) is 0 Å². The lowest BCUT2D eigenvalue weighted by atomic mass is 10.4. The average molecular weight is 261 g/mol. The summed E-state index contributed by atoms with van der Waals surface area (Å²) in [5.41, 5.74) is 0. The second kappa shape index (κ2) is 6.65. The lowest BCUT2D eigenvalue weighted by molar-refractivity contribution is 0.550. The van der Waals surface area contributed by atoms with Crippen molar-refractivity contribution in [2.75, 3.05) is 18.1 Å². The number of sulfone groups is 1. The highest BCUT2D eigenvalue weighted by Crippen LogP contribution is 1.96. The smallest absolute Gasteiger partial charge is 0.165 e. The van der Waals surface area contributed by atoms with E-state index < -0.39 is 9.84 Å². The summed E-state index contributed by atoms with van der Waals surface area (Å²) in [5, 5.41) is 14.4. The number of hydrogen-bond acceptors (Lipinski definition) is 6. The van der Waals surface area contributed by atoms with Gasteiger partial charge in [0.2, 0.25) is 0 Å². The van der Waals surface area contributed by atoms with Gasteiger partial charge in [0.15, 0.2) is 15.7 Å². The summed E-state index contributed by atoms with van der Waals surface area (Å²) in [6.45, 7) is 5.47. The quantitative estimate of drug-likeness (QED) is 0.641. The van der Waals surface area contributed by atoms with E-state index in [4.69, 9.17) is 0 Å². The van der Waals surface area contributed by atoms with Crippen molar-refractivity contribution in [2.45, 2.75) is 33.4 Å². The summed E-state index contributed by atoms with van der Waals surface area (Å²) in [5.74, 6) is 0.901. The minimum absolute atomic E-state index is 0.0787. The molecule has 0 amide bonds. The Kier molecular flexibility index (Phi) is 5.49. The van der Waals surface area contributed by atoms with Gasteiger partial charge in [-0.2, -0.15) is 0 Å². The Morgan fingerprint density at radius 1 is 1.35 bits per heavy atom. The number of aromatic nitrogens is 4. The number of nitrogens with one attached hydrogen (secondary N) is 1. The fourth-order valence-electron chi connectivity index (χ4n) is 1.27. The van der Waals surface area contributed by atoms with E-state index >= 15 is 0 Å². The molecule has 1 aromatic rings. The van der Waals surface area contributed by atoms with Crippen LogP contribution in [0.25, 0.3) is 0 Å². The van der Waals surface area contributed by atoms with Gasteiger partial charge in [0.05, 0.1) is 18.8 Å². The predicted molar refractivity (Wildman–Crippen MR) is 64.1 cm³/mol. The van der Waals surface area contributed by atoms with E-state index in [9.17, 15) is 8.42 Å². The second-order valence-electron chi connectivity index (χ2n) is 3.73. The second-order valence-corrected chi connectivity index (χ2v) is 6.20. The predicted octanol–water partition coefficient (Wildman–Crippen LogP) is -0.393. The van der Waals surface area contributed by atoms with Crippen LogP contribution in [0.5, 0.6) is 0 Å². The van der Waals surface area contributed by atoms with E-state index in [0.717, 1.165) is 13.0 Å². The molecule has 0 saturated carbocycles. The molecule has 1 heterocycles. The van der Waals surface area contributed by atoms with Gasteiger partial charge in [0, 0.05) is 5.75 Å². The lowest BCUT2D eigenvalue weighted by Crippen LogP contribution is -2.21. The van der Waals surface area contributed by atoms with Gasteiger partial charge in [-0.1, -0.05) is 13.8 Å². The topological polar surface area (TPSA) is 89.8 Å². The molecule has 1 N–H and O–H groups in total. The normalized spacial score (nSPS) is 11.9. The Morgan fingerprint density at radius 2 is 2.12 bits per heavy atom. The van der Waals surface area contributed by atoms with E-state index in [1.54, 1.807) is 6.92 Å². The molecule has 7 nitrogen and oxygen atoms in total. The maximum absolute atomic E-state index is 11.4. The molecule has 8 heteroatoms. The van der Waals surface area contributed by atoms with Gasteiger partial charge in [-0.05, 0) is 23.4 Å². The van der Waals surface area contributed by atoms with Crippen LogP contribution in [0, 0.1) is 0 Å². The summed E-state index contributed by atoms with van der Waals surface area (Å²) in [6.07, 6.45) is 1.03. The lowest BCUT2D eigenvalue weighted by Gasteiger charge is -2.05. The number of nitrogens with zero attached hydrogens (tertiary/aromatic N) is 4. The Bertz CT molecular complexity index is 428. The van der Waals surface area contributed by atoms with Crippen LogP contribution < -0.4 is 5.32 Å². The van der Waals surface area contributed by atoms with E-state index in [2.05, 4.69) is 27.8 Å². The van der Waals surface area contributed by atoms with Gasteiger partial charge in [-0.3, -0.25) is 0 Å². The third kappa shape index (κ3) is 4.78. The molecule has 0 atom stereocenters. The van der Waals surface area contributed by atoms with Crippen LogP contribution in [0.4, 0.5) is 0 Å². The minimum Gasteiger partial charge on any atom is -0.310 e. The minimum atomic E-state index is -2.97. The molecule has 1 aromatic heterocycles. The molecule has 0 aromatic carbocycles. The molecular weight excluding hydrogens is 242 g/mol.